The number of hydrogen-bond acceptors (Lipinski definition) is 4. The monoisotopic (exact) mass is 511 g/mol. The quantitative estimate of drug-likeness (QED) is 0.629. The van der Waals surface area contributed by atoms with E-state index in [0.29, 0.717) is 47.6 Å². The van der Waals surface area contributed by atoms with E-state index in [1.54, 1.807) is 4.90 Å². The molecule has 1 unspecified atom stereocenters. The van der Waals surface area contributed by atoms with Gasteiger partial charge in [0.05, 0.1) is 11.6 Å². The number of fused-ring (bicyclic) bond motifs is 2. The van der Waals surface area contributed by atoms with Gasteiger partial charge in [0, 0.05) is 41.4 Å². The first-order valence-electron chi connectivity index (χ1n) is 13.2. The van der Waals surface area contributed by atoms with Crippen molar-refractivity contribution in [2.45, 2.75) is 84.4 Å². The summed E-state index contributed by atoms with van der Waals surface area (Å²) >= 11 is 6.96. The van der Waals surface area contributed by atoms with E-state index in [0.717, 1.165) is 53.0 Å². The van der Waals surface area contributed by atoms with Crippen molar-refractivity contribution < 1.29 is 9.53 Å². The van der Waals surface area contributed by atoms with Crippen molar-refractivity contribution >= 4 is 17.5 Å². The highest BCUT2D eigenvalue weighted by Gasteiger charge is 2.46. The first-order valence-corrected chi connectivity index (χ1v) is 13.6. The topological polar surface area (TPSA) is 65.6 Å². The summed E-state index contributed by atoms with van der Waals surface area (Å²) in [4.78, 5) is 33.4. The molecule has 1 aromatic carbocycles. The molecule has 3 aliphatic rings. The largest absolute Gasteiger partial charge is 0.485 e. The smallest absolute Gasteiger partial charge is 0.254 e. The van der Waals surface area contributed by atoms with Gasteiger partial charge in [-0.15, -0.1) is 0 Å². The Morgan fingerprint density at radius 2 is 1.83 bits per heavy atom. The average molecular weight is 512 g/mol. The lowest BCUT2D eigenvalue weighted by Crippen LogP contribution is -2.44. The molecular formula is C29H38ClN3O3. The first kappa shape index (κ1) is 25.3. The number of aryl methyl sites for hydroxylation is 2. The van der Waals surface area contributed by atoms with Crippen molar-refractivity contribution in [2.75, 3.05) is 20.6 Å². The summed E-state index contributed by atoms with van der Waals surface area (Å²) in [6.45, 7) is 8.90. The first-order chi connectivity index (χ1) is 17.0. The van der Waals surface area contributed by atoms with Gasteiger partial charge >= 0.3 is 0 Å². The standard InChI is InChI=1S/C29H38ClN3O3/c1-16-13-17(2)31-27(34)23(16)15-33-12-11-21-24(28(33)35)18(3)22-14-29(4,36-26(22)25(21)30)19-7-9-20(10-8-19)32(5)6/h13,19-20H,7-12,14-15H2,1-6H3,(H,31,34). The van der Waals surface area contributed by atoms with Crippen LogP contribution in [0.1, 0.15) is 76.5 Å². The van der Waals surface area contributed by atoms with Crippen LogP contribution in [-0.2, 0) is 19.4 Å². The number of H-pyrrole nitrogens is 1. The lowest BCUT2D eigenvalue weighted by atomic mass is 9.74. The third kappa shape index (κ3) is 4.16. The number of nitrogens with zero attached hydrogens (tertiary/aromatic N) is 2. The van der Waals surface area contributed by atoms with Crippen LogP contribution in [0.15, 0.2) is 10.9 Å². The summed E-state index contributed by atoms with van der Waals surface area (Å²) in [5.74, 6) is 1.21. The second kappa shape index (κ2) is 9.21. The number of carbonyl (C=O) groups is 1. The summed E-state index contributed by atoms with van der Waals surface area (Å²) in [6.07, 6.45) is 6.08. The Bertz CT molecular complexity index is 1280. The highest BCUT2D eigenvalue weighted by molar-refractivity contribution is 6.33. The number of pyridine rings is 1. The second-order valence-corrected chi connectivity index (χ2v) is 12.0. The molecule has 36 heavy (non-hydrogen) atoms. The van der Waals surface area contributed by atoms with Gasteiger partial charge in [0.1, 0.15) is 11.4 Å². The van der Waals surface area contributed by atoms with Crippen LogP contribution in [0, 0.1) is 26.7 Å². The van der Waals surface area contributed by atoms with E-state index < -0.39 is 0 Å². The number of benzene rings is 1. The van der Waals surface area contributed by atoms with Crippen LogP contribution in [-0.4, -0.2) is 53.0 Å². The summed E-state index contributed by atoms with van der Waals surface area (Å²) in [7, 11) is 4.33. The predicted octanol–water partition coefficient (Wildman–Crippen LogP) is 4.97. The number of halogens is 1. The van der Waals surface area contributed by atoms with Crippen LogP contribution < -0.4 is 10.3 Å². The number of nitrogens with one attached hydrogen (secondary N) is 1. The zero-order valence-corrected chi connectivity index (χ0v) is 23.1. The zero-order chi connectivity index (χ0) is 25.9. The summed E-state index contributed by atoms with van der Waals surface area (Å²) in [5, 5.41) is 0.605. The molecule has 0 radical (unpaired) electrons. The summed E-state index contributed by atoms with van der Waals surface area (Å²) in [6, 6.07) is 2.59. The molecular weight excluding hydrogens is 474 g/mol. The fourth-order valence-electron chi connectivity index (χ4n) is 6.75. The van der Waals surface area contributed by atoms with Crippen molar-refractivity contribution in [1.82, 2.24) is 14.8 Å². The van der Waals surface area contributed by atoms with E-state index in [2.05, 4.69) is 30.9 Å². The highest BCUT2D eigenvalue weighted by Crippen LogP contribution is 2.51. The van der Waals surface area contributed by atoms with Crippen LogP contribution in [0.3, 0.4) is 0 Å². The Kier molecular flexibility index (Phi) is 6.49. The number of hydrogen-bond donors (Lipinski definition) is 1. The van der Waals surface area contributed by atoms with Gasteiger partial charge in [0.15, 0.2) is 0 Å². The van der Waals surface area contributed by atoms with Gasteiger partial charge in [-0.1, -0.05) is 11.6 Å². The van der Waals surface area contributed by atoms with Crippen molar-refractivity contribution in [3.63, 3.8) is 0 Å². The Balaban J connectivity index is 1.43. The molecule has 1 fully saturated rings. The van der Waals surface area contributed by atoms with Crippen molar-refractivity contribution in [3.05, 3.63) is 60.5 Å². The lowest BCUT2D eigenvalue weighted by Gasteiger charge is -2.40. The average Bonchev–Trinajstić information content (AvgIpc) is 3.20. The predicted molar refractivity (Wildman–Crippen MR) is 143 cm³/mol. The SMILES string of the molecule is Cc1cc(C)c(CN2CCc3c(Cl)c4c(c(C)c3C2=O)CC(C)(C2CCC(N(C)C)CC2)O4)c(=O)[nH]1. The van der Waals surface area contributed by atoms with Crippen LogP contribution >= 0.6 is 11.6 Å². The Morgan fingerprint density at radius 3 is 2.47 bits per heavy atom. The van der Waals surface area contributed by atoms with E-state index >= 15 is 0 Å². The van der Waals surface area contributed by atoms with Crippen LogP contribution in [0.4, 0.5) is 0 Å². The molecule has 6 nitrogen and oxygen atoms in total. The molecule has 0 bridgehead atoms. The fraction of sp³-hybridized carbons (Fsp3) is 0.586. The number of aromatic amines is 1. The van der Waals surface area contributed by atoms with Gasteiger partial charge in [-0.3, -0.25) is 9.59 Å². The minimum Gasteiger partial charge on any atom is -0.485 e. The molecule has 3 heterocycles. The van der Waals surface area contributed by atoms with Gasteiger partial charge in [-0.2, -0.15) is 0 Å². The Labute approximate surface area is 219 Å². The summed E-state index contributed by atoms with van der Waals surface area (Å²) < 4.78 is 6.69. The maximum Gasteiger partial charge on any atom is 0.254 e. The molecule has 1 aliphatic carbocycles. The van der Waals surface area contributed by atoms with Gasteiger partial charge < -0.3 is 19.5 Å². The minimum absolute atomic E-state index is 0.0436. The van der Waals surface area contributed by atoms with Crippen molar-refractivity contribution in [2.24, 2.45) is 5.92 Å². The molecule has 2 aromatic rings. The molecule has 1 aromatic heterocycles. The molecule has 1 amide bonds. The molecule has 0 spiro atoms. The van der Waals surface area contributed by atoms with Crippen LogP contribution in [0.25, 0.3) is 0 Å². The van der Waals surface area contributed by atoms with Crippen LogP contribution in [0.2, 0.25) is 5.02 Å². The molecule has 1 atom stereocenters. The van der Waals surface area contributed by atoms with Gasteiger partial charge in [-0.25, -0.2) is 0 Å². The maximum absolute atomic E-state index is 13.8. The number of ether oxygens (including phenoxy) is 1. The number of rotatable bonds is 4. The lowest BCUT2D eigenvalue weighted by molar-refractivity contribution is 0.0163. The summed E-state index contributed by atoms with van der Waals surface area (Å²) in [5.41, 5.74) is 5.62. The third-order valence-electron chi connectivity index (χ3n) is 9.00. The van der Waals surface area contributed by atoms with E-state index in [1.165, 1.54) is 12.8 Å². The van der Waals surface area contributed by atoms with Gasteiger partial charge in [-0.05, 0) is 103 Å². The van der Waals surface area contributed by atoms with E-state index in [-0.39, 0.29) is 17.1 Å². The molecule has 0 saturated heterocycles. The van der Waals surface area contributed by atoms with E-state index in [4.69, 9.17) is 16.3 Å². The molecule has 1 N–H and O–H groups in total. The molecule has 1 saturated carbocycles. The molecule has 5 rings (SSSR count). The number of carbonyl (C=O) groups excluding carboxylic acids is 1. The van der Waals surface area contributed by atoms with Crippen molar-refractivity contribution in [3.8, 4) is 5.75 Å². The molecule has 2 aliphatic heterocycles. The Hall–Kier alpha value is -2.31. The molecule has 7 heteroatoms. The van der Waals surface area contributed by atoms with Gasteiger partial charge in [0.25, 0.3) is 11.5 Å². The second-order valence-electron chi connectivity index (χ2n) is 11.6. The highest BCUT2D eigenvalue weighted by atomic mass is 35.5. The molecule has 194 valence electrons. The maximum atomic E-state index is 13.8. The Morgan fingerprint density at radius 1 is 1.14 bits per heavy atom. The number of aromatic nitrogens is 1. The van der Waals surface area contributed by atoms with E-state index in [1.807, 2.05) is 26.8 Å². The number of amides is 1. The third-order valence-corrected chi connectivity index (χ3v) is 9.40. The van der Waals surface area contributed by atoms with Crippen molar-refractivity contribution in [1.29, 1.82) is 0 Å². The van der Waals surface area contributed by atoms with Gasteiger partial charge in [0.2, 0.25) is 0 Å². The minimum atomic E-state index is -0.299. The normalized spacial score (nSPS) is 25.7. The zero-order valence-electron chi connectivity index (χ0n) is 22.4. The fourth-order valence-corrected chi connectivity index (χ4v) is 7.09. The van der Waals surface area contributed by atoms with Crippen LogP contribution in [0.5, 0.6) is 5.75 Å². The van der Waals surface area contributed by atoms with E-state index in [9.17, 15) is 9.59 Å².